The van der Waals surface area contributed by atoms with Gasteiger partial charge in [0.15, 0.2) is 0 Å². The SMILES string of the molecule is CCNCc1ccc(CN(C)C2CCC(CC)CC2)cc1. The molecule has 2 heteroatoms. The van der Waals surface area contributed by atoms with Crippen LogP contribution in [0.3, 0.4) is 0 Å². The van der Waals surface area contributed by atoms with Gasteiger partial charge in [-0.1, -0.05) is 44.5 Å². The van der Waals surface area contributed by atoms with Gasteiger partial charge in [0.2, 0.25) is 0 Å². The fourth-order valence-electron chi connectivity index (χ4n) is 3.44. The van der Waals surface area contributed by atoms with Crippen molar-refractivity contribution in [1.29, 1.82) is 0 Å². The summed E-state index contributed by atoms with van der Waals surface area (Å²) in [5, 5.41) is 3.38. The van der Waals surface area contributed by atoms with Gasteiger partial charge in [0.25, 0.3) is 0 Å². The lowest BCUT2D eigenvalue weighted by atomic mass is 9.84. The zero-order valence-electron chi connectivity index (χ0n) is 14.1. The molecule has 1 fully saturated rings. The van der Waals surface area contributed by atoms with E-state index in [2.05, 4.69) is 55.4 Å². The van der Waals surface area contributed by atoms with Gasteiger partial charge in [0, 0.05) is 19.1 Å². The van der Waals surface area contributed by atoms with Crippen molar-refractivity contribution in [1.82, 2.24) is 10.2 Å². The Morgan fingerprint density at radius 2 is 1.62 bits per heavy atom. The van der Waals surface area contributed by atoms with Crippen LogP contribution in [0.15, 0.2) is 24.3 Å². The minimum Gasteiger partial charge on any atom is -0.313 e. The second-order valence-electron chi connectivity index (χ2n) is 6.59. The highest BCUT2D eigenvalue weighted by molar-refractivity contribution is 5.22. The molecule has 0 aliphatic heterocycles. The summed E-state index contributed by atoms with van der Waals surface area (Å²) in [6, 6.07) is 9.90. The van der Waals surface area contributed by atoms with Gasteiger partial charge in [0.05, 0.1) is 0 Å². The van der Waals surface area contributed by atoms with Gasteiger partial charge in [0.1, 0.15) is 0 Å². The van der Waals surface area contributed by atoms with E-state index in [0.29, 0.717) is 0 Å². The van der Waals surface area contributed by atoms with Crippen molar-refractivity contribution in [3.05, 3.63) is 35.4 Å². The van der Waals surface area contributed by atoms with E-state index in [-0.39, 0.29) is 0 Å². The van der Waals surface area contributed by atoms with Crippen LogP contribution < -0.4 is 5.32 Å². The standard InChI is InChI=1S/C19H32N2/c1-4-16-10-12-19(13-11-16)21(3)15-18-8-6-17(7-9-18)14-20-5-2/h6-9,16,19-20H,4-5,10-15H2,1-3H3. The third-order valence-corrected chi connectivity index (χ3v) is 5.05. The molecule has 0 unspecified atom stereocenters. The summed E-state index contributed by atoms with van der Waals surface area (Å²) in [7, 11) is 2.30. The number of hydrogen-bond acceptors (Lipinski definition) is 2. The molecule has 1 aliphatic rings. The molecule has 0 heterocycles. The first-order chi connectivity index (χ1) is 10.2. The summed E-state index contributed by atoms with van der Waals surface area (Å²) in [5.74, 6) is 0.986. The number of rotatable bonds is 7. The van der Waals surface area contributed by atoms with Crippen molar-refractivity contribution in [2.45, 2.75) is 65.1 Å². The number of benzene rings is 1. The van der Waals surface area contributed by atoms with E-state index < -0.39 is 0 Å². The van der Waals surface area contributed by atoms with Crippen molar-refractivity contribution in [3.8, 4) is 0 Å². The van der Waals surface area contributed by atoms with Crippen LogP contribution in [0.5, 0.6) is 0 Å². The van der Waals surface area contributed by atoms with Crippen LogP contribution in [-0.4, -0.2) is 24.5 Å². The number of hydrogen-bond donors (Lipinski definition) is 1. The monoisotopic (exact) mass is 288 g/mol. The molecular weight excluding hydrogens is 256 g/mol. The lowest BCUT2D eigenvalue weighted by molar-refractivity contribution is 0.157. The van der Waals surface area contributed by atoms with E-state index in [9.17, 15) is 0 Å². The lowest BCUT2D eigenvalue weighted by Crippen LogP contribution is -2.34. The van der Waals surface area contributed by atoms with Gasteiger partial charge >= 0.3 is 0 Å². The normalized spacial score (nSPS) is 22.7. The average Bonchev–Trinajstić information content (AvgIpc) is 2.54. The molecular formula is C19H32N2. The Hall–Kier alpha value is -0.860. The predicted octanol–water partition coefficient (Wildman–Crippen LogP) is 4.20. The summed E-state index contributed by atoms with van der Waals surface area (Å²) >= 11 is 0. The number of nitrogens with one attached hydrogen (secondary N) is 1. The summed E-state index contributed by atoms with van der Waals surface area (Å²) in [6.45, 7) is 7.59. The first-order valence-electron chi connectivity index (χ1n) is 8.71. The van der Waals surface area contributed by atoms with E-state index in [0.717, 1.165) is 31.6 Å². The second-order valence-corrected chi connectivity index (χ2v) is 6.59. The Morgan fingerprint density at radius 3 is 2.19 bits per heavy atom. The molecule has 0 atom stereocenters. The molecule has 0 spiro atoms. The van der Waals surface area contributed by atoms with Crippen molar-refractivity contribution in [2.24, 2.45) is 5.92 Å². The first kappa shape index (κ1) is 16.5. The molecule has 0 amide bonds. The third-order valence-electron chi connectivity index (χ3n) is 5.05. The molecule has 21 heavy (non-hydrogen) atoms. The molecule has 0 aromatic heterocycles. The topological polar surface area (TPSA) is 15.3 Å². The Bertz CT molecular complexity index is 391. The minimum atomic E-state index is 0.786. The largest absolute Gasteiger partial charge is 0.313 e. The highest BCUT2D eigenvalue weighted by Crippen LogP contribution is 2.29. The van der Waals surface area contributed by atoms with Gasteiger partial charge in [-0.05, 0) is 56.3 Å². The summed E-state index contributed by atoms with van der Waals surface area (Å²) < 4.78 is 0. The van der Waals surface area contributed by atoms with Gasteiger partial charge in [-0.15, -0.1) is 0 Å². The van der Waals surface area contributed by atoms with Gasteiger partial charge in [-0.3, -0.25) is 4.90 Å². The first-order valence-corrected chi connectivity index (χ1v) is 8.71. The number of nitrogens with zero attached hydrogens (tertiary/aromatic N) is 1. The fraction of sp³-hybridized carbons (Fsp3) is 0.684. The van der Waals surface area contributed by atoms with Crippen LogP contribution in [0.25, 0.3) is 0 Å². The maximum absolute atomic E-state index is 3.38. The third kappa shape index (κ3) is 5.12. The van der Waals surface area contributed by atoms with Crippen molar-refractivity contribution >= 4 is 0 Å². The van der Waals surface area contributed by atoms with Crippen molar-refractivity contribution in [3.63, 3.8) is 0 Å². The van der Waals surface area contributed by atoms with Gasteiger partial charge in [-0.25, -0.2) is 0 Å². The Kier molecular flexibility index (Phi) is 6.72. The van der Waals surface area contributed by atoms with E-state index in [1.165, 1.54) is 43.2 Å². The van der Waals surface area contributed by atoms with E-state index in [1.807, 2.05) is 0 Å². The molecule has 1 aromatic rings. The van der Waals surface area contributed by atoms with E-state index >= 15 is 0 Å². The van der Waals surface area contributed by atoms with E-state index in [4.69, 9.17) is 0 Å². The second kappa shape index (κ2) is 8.55. The molecule has 2 rings (SSSR count). The van der Waals surface area contributed by atoms with Gasteiger partial charge in [-0.2, -0.15) is 0 Å². The van der Waals surface area contributed by atoms with Crippen molar-refractivity contribution < 1.29 is 0 Å². The average molecular weight is 288 g/mol. The summed E-state index contributed by atoms with van der Waals surface area (Å²) in [4.78, 5) is 2.56. The molecule has 0 bridgehead atoms. The van der Waals surface area contributed by atoms with Crippen LogP contribution in [0.2, 0.25) is 0 Å². The highest BCUT2D eigenvalue weighted by Gasteiger charge is 2.22. The molecule has 2 nitrogen and oxygen atoms in total. The summed E-state index contributed by atoms with van der Waals surface area (Å²) in [6.07, 6.45) is 6.98. The Morgan fingerprint density at radius 1 is 1.00 bits per heavy atom. The Labute approximate surface area is 130 Å². The maximum Gasteiger partial charge on any atom is 0.0233 e. The quantitative estimate of drug-likeness (QED) is 0.809. The molecule has 1 aromatic carbocycles. The minimum absolute atomic E-state index is 0.786. The van der Waals surface area contributed by atoms with Crippen LogP contribution in [-0.2, 0) is 13.1 Å². The predicted molar refractivity (Wildman–Crippen MR) is 91.3 cm³/mol. The molecule has 1 saturated carbocycles. The fourth-order valence-corrected chi connectivity index (χ4v) is 3.44. The van der Waals surface area contributed by atoms with Crippen LogP contribution >= 0.6 is 0 Å². The van der Waals surface area contributed by atoms with Gasteiger partial charge < -0.3 is 5.32 Å². The molecule has 0 radical (unpaired) electrons. The Balaban J connectivity index is 1.81. The van der Waals surface area contributed by atoms with Crippen LogP contribution in [0.1, 0.15) is 57.1 Å². The zero-order valence-corrected chi connectivity index (χ0v) is 14.1. The van der Waals surface area contributed by atoms with Crippen molar-refractivity contribution in [2.75, 3.05) is 13.6 Å². The summed E-state index contributed by atoms with van der Waals surface area (Å²) in [5.41, 5.74) is 2.82. The molecule has 1 N–H and O–H groups in total. The highest BCUT2D eigenvalue weighted by atomic mass is 15.1. The smallest absolute Gasteiger partial charge is 0.0233 e. The maximum atomic E-state index is 3.38. The molecule has 0 saturated heterocycles. The zero-order chi connectivity index (χ0) is 15.1. The van der Waals surface area contributed by atoms with Crippen LogP contribution in [0.4, 0.5) is 0 Å². The van der Waals surface area contributed by atoms with E-state index in [1.54, 1.807) is 0 Å². The molecule has 1 aliphatic carbocycles. The molecule has 118 valence electrons. The van der Waals surface area contributed by atoms with Crippen LogP contribution in [0, 0.1) is 5.92 Å². The lowest BCUT2D eigenvalue weighted by Gasteiger charge is -2.34.